The number of nitrogens with two attached hydrogens (primary N) is 1. The van der Waals surface area contributed by atoms with Crippen LogP contribution < -0.4 is 11.1 Å². The number of hydrogen-bond donors (Lipinski definition) is 2. The molecule has 0 aliphatic heterocycles. The predicted molar refractivity (Wildman–Crippen MR) is 77.7 cm³/mol. The van der Waals surface area contributed by atoms with Gasteiger partial charge in [-0.15, -0.1) is 0 Å². The molecule has 0 unspecified atom stereocenters. The lowest BCUT2D eigenvalue weighted by atomic mass is 9.75. The molecule has 0 aromatic carbocycles. The van der Waals surface area contributed by atoms with Crippen molar-refractivity contribution in [3.05, 3.63) is 12.2 Å². The summed E-state index contributed by atoms with van der Waals surface area (Å²) in [4.78, 5) is 0. The molecule has 3 heteroatoms. The molecular weight excluding hydrogens is 224 g/mol. The van der Waals surface area contributed by atoms with E-state index in [9.17, 15) is 0 Å². The van der Waals surface area contributed by atoms with Crippen molar-refractivity contribution in [1.29, 1.82) is 0 Å². The van der Waals surface area contributed by atoms with Crippen molar-refractivity contribution in [2.45, 2.75) is 51.5 Å². The summed E-state index contributed by atoms with van der Waals surface area (Å²) in [6.07, 6.45) is 6.36. The third kappa shape index (κ3) is 5.09. The zero-order valence-corrected chi connectivity index (χ0v) is 12.1. The molecule has 0 radical (unpaired) electrons. The molecule has 0 atom stereocenters. The van der Waals surface area contributed by atoms with Gasteiger partial charge in [0.25, 0.3) is 0 Å². The monoisotopic (exact) mass is 254 g/mol. The minimum atomic E-state index is 0.165. The van der Waals surface area contributed by atoms with E-state index in [2.05, 4.69) is 18.8 Å². The molecule has 0 aromatic heterocycles. The maximum Gasteiger partial charge on any atom is 0.0672 e. The Kier molecular flexibility index (Phi) is 6.90. The van der Waals surface area contributed by atoms with Crippen LogP contribution in [0.3, 0.4) is 0 Å². The molecule has 0 amide bonds. The van der Waals surface area contributed by atoms with Crippen LogP contribution in [0.2, 0.25) is 0 Å². The third-order valence-corrected chi connectivity index (χ3v) is 4.13. The summed E-state index contributed by atoms with van der Waals surface area (Å²) in [6.45, 7) is 11.1. The summed E-state index contributed by atoms with van der Waals surface area (Å²) < 4.78 is 5.52. The van der Waals surface area contributed by atoms with Crippen molar-refractivity contribution >= 4 is 0 Å². The van der Waals surface area contributed by atoms with Gasteiger partial charge in [0, 0.05) is 18.6 Å². The molecule has 1 aliphatic rings. The Morgan fingerprint density at radius 2 is 2.11 bits per heavy atom. The number of rotatable bonds is 8. The van der Waals surface area contributed by atoms with Gasteiger partial charge in [0.2, 0.25) is 0 Å². The maximum atomic E-state index is 5.97. The average molecular weight is 254 g/mol. The Morgan fingerprint density at radius 1 is 1.44 bits per heavy atom. The molecule has 3 N–H and O–H groups in total. The fourth-order valence-corrected chi connectivity index (χ4v) is 2.73. The first-order chi connectivity index (χ1) is 8.62. The summed E-state index contributed by atoms with van der Waals surface area (Å²) >= 11 is 0. The van der Waals surface area contributed by atoms with E-state index in [0.29, 0.717) is 6.61 Å². The predicted octanol–water partition coefficient (Wildman–Crippen LogP) is 2.47. The van der Waals surface area contributed by atoms with Crippen LogP contribution in [0.15, 0.2) is 12.2 Å². The second-order valence-corrected chi connectivity index (χ2v) is 5.77. The highest BCUT2D eigenvalue weighted by Gasteiger charge is 2.32. The number of ether oxygens (including phenoxy) is 1. The first-order valence-electron chi connectivity index (χ1n) is 7.29. The highest BCUT2D eigenvalue weighted by atomic mass is 16.5. The van der Waals surface area contributed by atoms with Crippen molar-refractivity contribution in [1.82, 2.24) is 5.32 Å². The van der Waals surface area contributed by atoms with Gasteiger partial charge in [-0.25, -0.2) is 0 Å². The molecule has 106 valence electrons. The normalized spacial score (nSPS) is 28.3. The molecule has 0 bridgehead atoms. The highest BCUT2D eigenvalue weighted by Crippen LogP contribution is 2.32. The highest BCUT2D eigenvalue weighted by molar-refractivity contribution is 4.93. The van der Waals surface area contributed by atoms with Gasteiger partial charge in [0.1, 0.15) is 0 Å². The van der Waals surface area contributed by atoms with Gasteiger partial charge in [0.15, 0.2) is 0 Å². The smallest absolute Gasteiger partial charge is 0.0672 e. The lowest BCUT2D eigenvalue weighted by Crippen LogP contribution is -2.54. The summed E-state index contributed by atoms with van der Waals surface area (Å²) in [5.74, 6) is 0.908. The van der Waals surface area contributed by atoms with E-state index < -0.39 is 0 Å². The molecule has 1 rings (SSSR count). The Balaban J connectivity index is 2.23. The first kappa shape index (κ1) is 15.7. The summed E-state index contributed by atoms with van der Waals surface area (Å²) in [5.41, 5.74) is 7.21. The van der Waals surface area contributed by atoms with Crippen LogP contribution in [-0.4, -0.2) is 31.8 Å². The molecule has 1 saturated carbocycles. The summed E-state index contributed by atoms with van der Waals surface area (Å²) in [6, 6.07) is 0. The SMILES string of the molecule is C=C(C)COCCNC1(CN)CCC(CC)CC1. The Bertz CT molecular complexity index is 245. The van der Waals surface area contributed by atoms with Gasteiger partial charge in [-0.3, -0.25) is 0 Å². The largest absolute Gasteiger partial charge is 0.376 e. The summed E-state index contributed by atoms with van der Waals surface area (Å²) in [5, 5.41) is 3.62. The zero-order valence-electron chi connectivity index (χ0n) is 12.1. The molecule has 1 fully saturated rings. The number of nitrogens with one attached hydrogen (secondary N) is 1. The van der Waals surface area contributed by atoms with Crippen LogP contribution in [0.1, 0.15) is 46.0 Å². The van der Waals surface area contributed by atoms with Crippen molar-refractivity contribution in [2.75, 3.05) is 26.3 Å². The van der Waals surface area contributed by atoms with Crippen molar-refractivity contribution in [2.24, 2.45) is 11.7 Å². The molecule has 0 aromatic rings. The summed E-state index contributed by atoms with van der Waals surface area (Å²) in [7, 11) is 0. The fraction of sp³-hybridized carbons (Fsp3) is 0.867. The van der Waals surface area contributed by atoms with E-state index in [4.69, 9.17) is 10.5 Å². The van der Waals surface area contributed by atoms with Gasteiger partial charge < -0.3 is 15.8 Å². The fourth-order valence-electron chi connectivity index (χ4n) is 2.73. The van der Waals surface area contributed by atoms with Crippen molar-refractivity contribution in [3.63, 3.8) is 0 Å². The van der Waals surface area contributed by atoms with Crippen LogP contribution in [-0.2, 0) is 4.74 Å². The Morgan fingerprint density at radius 3 is 2.61 bits per heavy atom. The Hall–Kier alpha value is -0.380. The van der Waals surface area contributed by atoms with Crippen LogP contribution in [0.5, 0.6) is 0 Å². The molecule has 1 aliphatic carbocycles. The zero-order chi connectivity index (χ0) is 13.4. The van der Waals surface area contributed by atoms with E-state index in [1.165, 1.54) is 32.1 Å². The number of hydrogen-bond acceptors (Lipinski definition) is 3. The second-order valence-electron chi connectivity index (χ2n) is 5.77. The van der Waals surface area contributed by atoms with Gasteiger partial charge in [-0.1, -0.05) is 25.5 Å². The van der Waals surface area contributed by atoms with Gasteiger partial charge in [-0.05, 0) is 38.5 Å². The molecule has 0 heterocycles. The average Bonchev–Trinajstić information content (AvgIpc) is 2.38. The first-order valence-corrected chi connectivity index (χ1v) is 7.29. The second kappa shape index (κ2) is 7.93. The molecule has 18 heavy (non-hydrogen) atoms. The van der Waals surface area contributed by atoms with Gasteiger partial charge in [0.05, 0.1) is 13.2 Å². The van der Waals surface area contributed by atoms with Gasteiger partial charge in [-0.2, -0.15) is 0 Å². The van der Waals surface area contributed by atoms with Crippen molar-refractivity contribution < 1.29 is 4.74 Å². The van der Waals surface area contributed by atoms with E-state index in [1.54, 1.807) is 0 Å². The van der Waals surface area contributed by atoms with Crippen LogP contribution >= 0.6 is 0 Å². The minimum absolute atomic E-state index is 0.165. The van der Waals surface area contributed by atoms with Crippen LogP contribution in [0.25, 0.3) is 0 Å². The van der Waals surface area contributed by atoms with Crippen molar-refractivity contribution in [3.8, 4) is 0 Å². The third-order valence-electron chi connectivity index (χ3n) is 4.13. The van der Waals surface area contributed by atoms with E-state index in [1.807, 2.05) is 6.92 Å². The Labute approximate surface area is 112 Å². The van der Waals surface area contributed by atoms with Gasteiger partial charge >= 0.3 is 0 Å². The van der Waals surface area contributed by atoms with E-state index in [-0.39, 0.29) is 5.54 Å². The molecule has 0 spiro atoms. The molecule has 3 nitrogen and oxygen atoms in total. The standard InChI is InChI=1S/C15H30N2O/c1-4-14-5-7-15(12-16,8-6-14)17-9-10-18-11-13(2)3/h14,17H,2,4-12,16H2,1,3H3. The maximum absolute atomic E-state index is 5.97. The minimum Gasteiger partial charge on any atom is -0.376 e. The lowest BCUT2D eigenvalue weighted by Gasteiger charge is -2.40. The molecule has 0 saturated heterocycles. The van der Waals surface area contributed by atoms with E-state index in [0.717, 1.165) is 31.2 Å². The van der Waals surface area contributed by atoms with E-state index >= 15 is 0 Å². The molecular formula is C15H30N2O. The van der Waals surface area contributed by atoms with Crippen LogP contribution in [0, 0.1) is 5.92 Å². The topological polar surface area (TPSA) is 47.3 Å². The quantitative estimate of drug-likeness (QED) is 0.517. The lowest BCUT2D eigenvalue weighted by molar-refractivity contribution is 0.132. The van der Waals surface area contributed by atoms with Crippen LogP contribution in [0.4, 0.5) is 0 Å².